The number of rotatable bonds is 3. The molecule has 6 heteroatoms. The van der Waals surface area contributed by atoms with E-state index in [1.54, 1.807) is 6.07 Å². The minimum atomic E-state index is -0.394. The van der Waals surface area contributed by atoms with Crippen LogP contribution in [0.15, 0.2) is 16.6 Å². The van der Waals surface area contributed by atoms with Gasteiger partial charge in [-0.05, 0) is 11.1 Å². The maximum absolute atomic E-state index is 10.6. The van der Waals surface area contributed by atoms with Crippen molar-refractivity contribution < 1.29 is 4.92 Å². The Labute approximate surface area is 106 Å². The van der Waals surface area contributed by atoms with Crippen LogP contribution in [-0.4, -0.2) is 4.92 Å². The Balaban J connectivity index is 3.31. The van der Waals surface area contributed by atoms with Crippen molar-refractivity contribution in [3.8, 4) is 0 Å². The van der Waals surface area contributed by atoms with E-state index >= 15 is 0 Å². The number of nitro groups is 1. The second-order valence-electron chi connectivity index (χ2n) is 2.59. The molecule has 1 aromatic rings. The van der Waals surface area contributed by atoms with Crippen LogP contribution in [0.25, 0.3) is 0 Å². The minimum Gasteiger partial charge on any atom is -0.258 e. The summed E-state index contributed by atoms with van der Waals surface area (Å²) in [6.45, 7) is 0. The third-order valence-corrected chi connectivity index (χ3v) is 3.63. The SMILES string of the molecule is O=[N+]([O-])c1cc(Br)c(CBr)c(CBr)c1. The van der Waals surface area contributed by atoms with Gasteiger partial charge in [0.2, 0.25) is 0 Å². The molecule has 0 bridgehead atoms. The van der Waals surface area contributed by atoms with Gasteiger partial charge in [-0.1, -0.05) is 47.8 Å². The van der Waals surface area contributed by atoms with Gasteiger partial charge >= 0.3 is 0 Å². The van der Waals surface area contributed by atoms with Gasteiger partial charge in [-0.2, -0.15) is 0 Å². The highest BCUT2D eigenvalue weighted by Gasteiger charge is 2.13. The van der Waals surface area contributed by atoms with E-state index in [1.807, 2.05) is 0 Å². The Kier molecular flexibility index (Phi) is 4.53. The predicted molar refractivity (Wildman–Crippen MR) is 66.1 cm³/mol. The minimum absolute atomic E-state index is 0.107. The molecular weight excluding hydrogens is 382 g/mol. The maximum atomic E-state index is 10.6. The Hall–Kier alpha value is 0.0600. The predicted octanol–water partition coefficient (Wildman–Crippen LogP) is 4.15. The van der Waals surface area contributed by atoms with Gasteiger partial charge in [0.05, 0.1) is 4.92 Å². The fourth-order valence-electron chi connectivity index (χ4n) is 1.05. The third kappa shape index (κ3) is 2.55. The largest absolute Gasteiger partial charge is 0.270 e. The zero-order valence-electron chi connectivity index (χ0n) is 6.97. The smallest absolute Gasteiger partial charge is 0.258 e. The van der Waals surface area contributed by atoms with Crippen molar-refractivity contribution in [2.45, 2.75) is 10.7 Å². The molecule has 0 spiro atoms. The highest BCUT2D eigenvalue weighted by molar-refractivity contribution is 9.10. The highest BCUT2D eigenvalue weighted by atomic mass is 79.9. The van der Waals surface area contributed by atoms with Crippen LogP contribution in [0.4, 0.5) is 5.69 Å². The third-order valence-electron chi connectivity index (χ3n) is 1.76. The summed E-state index contributed by atoms with van der Waals surface area (Å²) in [7, 11) is 0. The van der Waals surface area contributed by atoms with Crippen LogP contribution >= 0.6 is 47.8 Å². The van der Waals surface area contributed by atoms with Crippen molar-refractivity contribution >= 4 is 53.5 Å². The number of benzene rings is 1. The first-order valence-electron chi connectivity index (χ1n) is 3.67. The molecule has 0 aromatic heterocycles. The molecule has 0 atom stereocenters. The van der Waals surface area contributed by atoms with E-state index < -0.39 is 4.92 Å². The van der Waals surface area contributed by atoms with Gasteiger partial charge in [0.25, 0.3) is 5.69 Å². The molecule has 0 aliphatic heterocycles. The summed E-state index contributed by atoms with van der Waals surface area (Å²) in [5.41, 5.74) is 2.06. The number of hydrogen-bond donors (Lipinski definition) is 0. The van der Waals surface area contributed by atoms with E-state index in [9.17, 15) is 10.1 Å². The molecule has 0 fully saturated rings. The average molecular weight is 388 g/mol. The second-order valence-corrected chi connectivity index (χ2v) is 4.57. The summed E-state index contributed by atoms with van der Waals surface area (Å²) in [6.07, 6.45) is 0. The Morgan fingerprint density at radius 2 is 1.93 bits per heavy atom. The van der Waals surface area contributed by atoms with Crippen LogP contribution in [-0.2, 0) is 10.7 Å². The fraction of sp³-hybridized carbons (Fsp3) is 0.250. The number of non-ortho nitro benzene ring substituents is 1. The lowest BCUT2D eigenvalue weighted by molar-refractivity contribution is -0.385. The van der Waals surface area contributed by atoms with Gasteiger partial charge in [-0.3, -0.25) is 10.1 Å². The van der Waals surface area contributed by atoms with Crippen LogP contribution in [0.1, 0.15) is 11.1 Å². The fourth-order valence-corrected chi connectivity index (χ4v) is 3.22. The first kappa shape index (κ1) is 12.1. The monoisotopic (exact) mass is 385 g/mol. The average Bonchev–Trinajstić information content (AvgIpc) is 2.16. The summed E-state index contributed by atoms with van der Waals surface area (Å²) in [5.74, 6) is 0. The summed E-state index contributed by atoms with van der Waals surface area (Å²) >= 11 is 9.96. The summed E-state index contributed by atoms with van der Waals surface area (Å²) in [4.78, 5) is 10.2. The second kappa shape index (κ2) is 5.23. The molecule has 0 N–H and O–H groups in total. The molecule has 0 radical (unpaired) electrons. The standard InChI is InChI=1S/C8H6Br3NO2/c9-3-5-1-6(12(13)14)2-8(11)7(5)4-10/h1-2H,3-4H2. The van der Waals surface area contributed by atoms with Gasteiger partial charge < -0.3 is 0 Å². The molecule has 0 unspecified atom stereocenters. The van der Waals surface area contributed by atoms with E-state index in [2.05, 4.69) is 47.8 Å². The van der Waals surface area contributed by atoms with Gasteiger partial charge in [-0.25, -0.2) is 0 Å². The summed E-state index contributed by atoms with van der Waals surface area (Å²) in [6, 6.07) is 3.10. The number of nitro benzene ring substituents is 1. The molecule has 0 heterocycles. The lowest BCUT2D eigenvalue weighted by Gasteiger charge is -2.06. The zero-order chi connectivity index (χ0) is 10.7. The molecule has 0 aliphatic carbocycles. The maximum Gasteiger partial charge on any atom is 0.270 e. The van der Waals surface area contributed by atoms with E-state index in [0.29, 0.717) is 10.7 Å². The van der Waals surface area contributed by atoms with E-state index in [0.717, 1.165) is 15.6 Å². The van der Waals surface area contributed by atoms with Crippen LogP contribution < -0.4 is 0 Å². The molecule has 3 nitrogen and oxygen atoms in total. The van der Waals surface area contributed by atoms with E-state index in [-0.39, 0.29) is 5.69 Å². The van der Waals surface area contributed by atoms with Gasteiger partial charge in [0.1, 0.15) is 0 Å². The number of halogens is 3. The molecular formula is C8H6Br3NO2. The zero-order valence-corrected chi connectivity index (χ0v) is 11.7. The number of nitrogens with zero attached hydrogens (tertiary/aromatic N) is 1. The van der Waals surface area contributed by atoms with Crippen LogP contribution in [0.2, 0.25) is 0 Å². The lowest BCUT2D eigenvalue weighted by Crippen LogP contribution is -1.95. The Morgan fingerprint density at radius 3 is 2.36 bits per heavy atom. The van der Waals surface area contributed by atoms with Crippen molar-refractivity contribution in [2.24, 2.45) is 0 Å². The quantitative estimate of drug-likeness (QED) is 0.444. The molecule has 1 aromatic carbocycles. The highest BCUT2D eigenvalue weighted by Crippen LogP contribution is 2.29. The summed E-state index contributed by atoms with van der Waals surface area (Å²) in [5, 5.41) is 11.9. The van der Waals surface area contributed by atoms with Gasteiger partial charge in [0.15, 0.2) is 0 Å². The van der Waals surface area contributed by atoms with Crippen molar-refractivity contribution in [2.75, 3.05) is 0 Å². The normalized spacial score (nSPS) is 10.2. The Morgan fingerprint density at radius 1 is 1.29 bits per heavy atom. The number of hydrogen-bond acceptors (Lipinski definition) is 2. The molecule has 0 amide bonds. The Bertz CT molecular complexity index is 368. The molecule has 76 valence electrons. The van der Waals surface area contributed by atoms with Crippen molar-refractivity contribution in [1.82, 2.24) is 0 Å². The summed E-state index contributed by atoms with van der Waals surface area (Å²) < 4.78 is 0.762. The number of alkyl halides is 2. The molecule has 0 saturated carbocycles. The molecule has 0 aliphatic rings. The van der Waals surface area contributed by atoms with E-state index in [1.165, 1.54) is 6.07 Å². The van der Waals surface area contributed by atoms with Gasteiger partial charge in [-0.15, -0.1) is 0 Å². The van der Waals surface area contributed by atoms with Crippen LogP contribution in [0.3, 0.4) is 0 Å². The van der Waals surface area contributed by atoms with Crippen molar-refractivity contribution in [1.29, 1.82) is 0 Å². The van der Waals surface area contributed by atoms with E-state index in [4.69, 9.17) is 0 Å². The van der Waals surface area contributed by atoms with Crippen molar-refractivity contribution in [3.05, 3.63) is 37.8 Å². The molecule has 1 rings (SSSR count). The topological polar surface area (TPSA) is 43.1 Å². The van der Waals surface area contributed by atoms with Crippen LogP contribution in [0, 0.1) is 10.1 Å². The van der Waals surface area contributed by atoms with Gasteiger partial charge in [0, 0.05) is 27.3 Å². The molecule has 14 heavy (non-hydrogen) atoms. The van der Waals surface area contributed by atoms with Crippen molar-refractivity contribution in [3.63, 3.8) is 0 Å². The lowest BCUT2D eigenvalue weighted by atomic mass is 10.1. The first-order chi connectivity index (χ1) is 6.60. The molecule has 0 saturated heterocycles. The first-order valence-corrected chi connectivity index (χ1v) is 6.71. The van der Waals surface area contributed by atoms with Crippen LogP contribution in [0.5, 0.6) is 0 Å².